The minimum absolute atomic E-state index is 0.150. The highest BCUT2D eigenvalue weighted by Gasteiger charge is 2.34. The van der Waals surface area contributed by atoms with Gasteiger partial charge in [0.1, 0.15) is 0 Å². The van der Waals surface area contributed by atoms with Gasteiger partial charge < -0.3 is 10.1 Å². The first-order valence-electron chi connectivity index (χ1n) is 7.07. The molecule has 16 heavy (non-hydrogen) atoms. The second-order valence-electron chi connectivity index (χ2n) is 5.39. The van der Waals surface area contributed by atoms with Crippen LogP contribution in [0.5, 0.6) is 0 Å². The van der Waals surface area contributed by atoms with Crippen molar-refractivity contribution < 1.29 is 4.74 Å². The molecule has 0 bridgehead atoms. The van der Waals surface area contributed by atoms with E-state index < -0.39 is 0 Å². The van der Waals surface area contributed by atoms with E-state index in [1.807, 2.05) is 0 Å². The van der Waals surface area contributed by atoms with Crippen LogP contribution in [0.2, 0.25) is 0 Å². The summed E-state index contributed by atoms with van der Waals surface area (Å²) >= 11 is 0. The van der Waals surface area contributed by atoms with Gasteiger partial charge in [-0.2, -0.15) is 0 Å². The summed E-state index contributed by atoms with van der Waals surface area (Å²) in [6.07, 6.45) is 7.48. The Bertz CT molecular complexity index is 168. The Hall–Kier alpha value is -0.0800. The summed E-state index contributed by atoms with van der Waals surface area (Å²) in [4.78, 5) is 0. The molecule has 0 aromatic heterocycles. The minimum Gasteiger partial charge on any atom is -0.374 e. The van der Waals surface area contributed by atoms with Crippen LogP contribution in [0.25, 0.3) is 0 Å². The van der Waals surface area contributed by atoms with Gasteiger partial charge in [0.15, 0.2) is 0 Å². The maximum absolute atomic E-state index is 6.15. The predicted octanol–water partition coefficient (Wildman–Crippen LogP) is 3.36. The van der Waals surface area contributed by atoms with E-state index in [0.717, 1.165) is 32.0 Å². The van der Waals surface area contributed by atoms with Gasteiger partial charge in [-0.15, -0.1) is 0 Å². The van der Waals surface area contributed by atoms with Crippen molar-refractivity contribution in [3.63, 3.8) is 0 Å². The molecule has 0 heterocycles. The van der Waals surface area contributed by atoms with Crippen LogP contribution in [-0.2, 0) is 4.74 Å². The summed E-state index contributed by atoms with van der Waals surface area (Å²) in [7, 11) is 0. The molecule has 0 amide bonds. The van der Waals surface area contributed by atoms with Crippen molar-refractivity contribution >= 4 is 0 Å². The molecule has 0 unspecified atom stereocenters. The molecule has 1 aliphatic rings. The van der Waals surface area contributed by atoms with Crippen molar-refractivity contribution in [2.45, 2.75) is 64.9 Å². The highest BCUT2D eigenvalue weighted by atomic mass is 16.5. The lowest BCUT2D eigenvalue weighted by atomic mass is 9.79. The third-order valence-electron chi connectivity index (χ3n) is 3.67. The maximum Gasteiger partial charge on any atom is 0.0806 e. The average Bonchev–Trinajstić information content (AvgIpc) is 2.31. The zero-order valence-corrected chi connectivity index (χ0v) is 11.3. The van der Waals surface area contributed by atoms with Crippen LogP contribution in [0.4, 0.5) is 0 Å². The summed E-state index contributed by atoms with van der Waals surface area (Å²) in [5, 5.41) is 3.54. The topological polar surface area (TPSA) is 21.3 Å². The van der Waals surface area contributed by atoms with E-state index in [2.05, 4.69) is 26.1 Å². The number of nitrogens with one attached hydrogen (secondary N) is 1. The monoisotopic (exact) mass is 227 g/mol. The van der Waals surface area contributed by atoms with Crippen LogP contribution < -0.4 is 5.32 Å². The highest BCUT2D eigenvalue weighted by Crippen LogP contribution is 2.34. The predicted molar refractivity (Wildman–Crippen MR) is 69.8 cm³/mol. The average molecular weight is 227 g/mol. The first kappa shape index (κ1) is 14.0. The first-order valence-corrected chi connectivity index (χ1v) is 7.07. The van der Waals surface area contributed by atoms with Crippen molar-refractivity contribution in [1.82, 2.24) is 5.32 Å². The molecule has 0 aromatic carbocycles. The molecule has 1 rings (SSSR count). The Morgan fingerprint density at radius 2 is 1.88 bits per heavy atom. The number of hydrogen-bond acceptors (Lipinski definition) is 2. The Labute approximate surface area is 101 Å². The van der Waals surface area contributed by atoms with E-state index in [9.17, 15) is 0 Å². The number of ether oxygens (including phenoxy) is 1. The molecule has 1 N–H and O–H groups in total. The first-order chi connectivity index (χ1) is 7.72. The van der Waals surface area contributed by atoms with Crippen LogP contribution in [0, 0.1) is 5.92 Å². The summed E-state index contributed by atoms with van der Waals surface area (Å²) in [5.41, 5.74) is 0.150. The minimum atomic E-state index is 0.150. The van der Waals surface area contributed by atoms with Crippen LogP contribution in [0.3, 0.4) is 0 Å². The third-order valence-corrected chi connectivity index (χ3v) is 3.67. The van der Waals surface area contributed by atoms with E-state index in [-0.39, 0.29) is 5.60 Å². The summed E-state index contributed by atoms with van der Waals surface area (Å²) in [6, 6.07) is 0. The Morgan fingerprint density at radius 1 is 1.19 bits per heavy atom. The number of rotatable bonds is 7. The lowest BCUT2D eigenvalue weighted by Gasteiger charge is -2.39. The van der Waals surface area contributed by atoms with E-state index in [1.165, 1.54) is 32.1 Å². The van der Waals surface area contributed by atoms with Crippen molar-refractivity contribution in [3.8, 4) is 0 Å². The lowest BCUT2D eigenvalue weighted by Crippen LogP contribution is -2.46. The molecule has 1 fully saturated rings. The molecular formula is C14H29NO. The van der Waals surface area contributed by atoms with Gasteiger partial charge in [0.25, 0.3) is 0 Å². The molecule has 96 valence electrons. The smallest absolute Gasteiger partial charge is 0.0806 e. The normalized spacial score (nSPS) is 30.6. The van der Waals surface area contributed by atoms with E-state index >= 15 is 0 Å². The molecule has 0 spiro atoms. The Balaban J connectivity index is 2.40. The zero-order chi connectivity index (χ0) is 11.9. The van der Waals surface area contributed by atoms with Gasteiger partial charge in [-0.1, -0.05) is 20.8 Å². The largest absolute Gasteiger partial charge is 0.374 e. The van der Waals surface area contributed by atoms with Gasteiger partial charge in [-0.3, -0.25) is 0 Å². The quantitative estimate of drug-likeness (QED) is 0.673. The molecule has 2 nitrogen and oxygen atoms in total. The second kappa shape index (κ2) is 7.29. The lowest BCUT2D eigenvalue weighted by molar-refractivity contribution is -0.0748. The second-order valence-corrected chi connectivity index (χ2v) is 5.39. The SMILES string of the molecule is CCCNCC1(OCCC)CCC(C)CC1. The Kier molecular flexibility index (Phi) is 6.37. The summed E-state index contributed by atoms with van der Waals surface area (Å²) in [5.74, 6) is 0.893. The van der Waals surface area contributed by atoms with Crippen molar-refractivity contribution in [3.05, 3.63) is 0 Å². The summed E-state index contributed by atoms with van der Waals surface area (Å²) in [6.45, 7) is 9.86. The van der Waals surface area contributed by atoms with Crippen LogP contribution in [-0.4, -0.2) is 25.3 Å². The third kappa shape index (κ3) is 4.42. The fraction of sp³-hybridized carbons (Fsp3) is 1.00. The molecular weight excluding hydrogens is 198 g/mol. The molecule has 2 heteroatoms. The van der Waals surface area contributed by atoms with Gasteiger partial charge in [-0.05, 0) is 51.0 Å². The van der Waals surface area contributed by atoms with Crippen molar-refractivity contribution in [2.24, 2.45) is 5.92 Å². The van der Waals surface area contributed by atoms with Crippen LogP contribution in [0.15, 0.2) is 0 Å². The van der Waals surface area contributed by atoms with Gasteiger partial charge in [0, 0.05) is 13.2 Å². The van der Waals surface area contributed by atoms with Crippen LogP contribution >= 0.6 is 0 Å². The van der Waals surface area contributed by atoms with Crippen molar-refractivity contribution in [1.29, 1.82) is 0 Å². The molecule has 0 radical (unpaired) electrons. The molecule has 1 saturated carbocycles. The standard InChI is InChI=1S/C14H29NO/c1-4-10-15-12-14(16-11-5-2)8-6-13(3)7-9-14/h13,15H,4-12H2,1-3H3. The number of hydrogen-bond donors (Lipinski definition) is 1. The van der Waals surface area contributed by atoms with Gasteiger partial charge in [-0.25, -0.2) is 0 Å². The Morgan fingerprint density at radius 3 is 2.44 bits per heavy atom. The maximum atomic E-state index is 6.15. The van der Waals surface area contributed by atoms with Crippen molar-refractivity contribution in [2.75, 3.05) is 19.7 Å². The summed E-state index contributed by atoms with van der Waals surface area (Å²) < 4.78 is 6.15. The molecule has 0 atom stereocenters. The van der Waals surface area contributed by atoms with Gasteiger partial charge >= 0.3 is 0 Å². The zero-order valence-electron chi connectivity index (χ0n) is 11.3. The van der Waals surface area contributed by atoms with Gasteiger partial charge in [0.2, 0.25) is 0 Å². The van der Waals surface area contributed by atoms with E-state index in [1.54, 1.807) is 0 Å². The van der Waals surface area contributed by atoms with Gasteiger partial charge in [0.05, 0.1) is 5.60 Å². The fourth-order valence-electron chi connectivity index (χ4n) is 2.47. The fourth-order valence-corrected chi connectivity index (χ4v) is 2.47. The molecule has 0 aliphatic heterocycles. The molecule has 1 aliphatic carbocycles. The highest BCUT2D eigenvalue weighted by molar-refractivity contribution is 4.88. The van der Waals surface area contributed by atoms with E-state index in [4.69, 9.17) is 4.74 Å². The van der Waals surface area contributed by atoms with Crippen LogP contribution in [0.1, 0.15) is 59.3 Å². The van der Waals surface area contributed by atoms with E-state index in [0.29, 0.717) is 0 Å². The molecule has 0 saturated heterocycles. The molecule has 0 aromatic rings.